The minimum atomic E-state index is -3.22. The first-order valence-corrected chi connectivity index (χ1v) is 9.52. The van der Waals surface area contributed by atoms with E-state index in [1.54, 1.807) is 4.90 Å². The summed E-state index contributed by atoms with van der Waals surface area (Å²) in [4.78, 5) is 24.9. The van der Waals surface area contributed by atoms with E-state index in [-0.39, 0.29) is 12.2 Å². The van der Waals surface area contributed by atoms with Crippen molar-refractivity contribution in [2.75, 3.05) is 32.2 Å². The molecule has 2 N–H and O–H groups in total. The van der Waals surface area contributed by atoms with E-state index in [9.17, 15) is 14.3 Å². The van der Waals surface area contributed by atoms with E-state index < -0.39 is 7.37 Å². The summed E-state index contributed by atoms with van der Waals surface area (Å²) in [6.07, 6.45) is 7.41. The van der Waals surface area contributed by atoms with Gasteiger partial charge in [-0.1, -0.05) is 6.42 Å². The summed E-state index contributed by atoms with van der Waals surface area (Å²) in [6.45, 7) is 2.65. The molecule has 0 aliphatic carbocycles. The van der Waals surface area contributed by atoms with Gasteiger partial charge in [0.2, 0.25) is 5.91 Å². The molecule has 0 aromatic rings. The zero-order valence-electron chi connectivity index (χ0n) is 11.6. The van der Waals surface area contributed by atoms with Gasteiger partial charge in [0, 0.05) is 13.0 Å². The maximum Gasteiger partial charge on any atom is 0.271 e. The van der Waals surface area contributed by atoms with Crippen LogP contribution in [0.4, 0.5) is 0 Å². The first-order chi connectivity index (χ1) is 9.07. The van der Waals surface area contributed by atoms with E-state index >= 15 is 0 Å². The van der Waals surface area contributed by atoms with Gasteiger partial charge in [0.25, 0.3) is 7.37 Å². The van der Waals surface area contributed by atoms with Gasteiger partial charge < -0.3 is 14.7 Å². The van der Waals surface area contributed by atoms with Crippen molar-refractivity contribution >= 4 is 13.3 Å². The Hall–Kier alpha value is -0.380. The van der Waals surface area contributed by atoms with Crippen molar-refractivity contribution in [2.24, 2.45) is 0 Å². The molecule has 0 bridgehead atoms. The average Bonchev–Trinajstić information content (AvgIpc) is 2.55. The second kappa shape index (κ2) is 6.87. The number of carbonyl (C=O) groups excluding carboxylic acids is 1. The number of rotatable bonds is 4. The summed E-state index contributed by atoms with van der Waals surface area (Å²) < 4.78 is 12.3. The quantitative estimate of drug-likeness (QED) is 0.747. The Morgan fingerprint density at radius 2 is 1.79 bits per heavy atom. The number of quaternary nitrogens is 1. The van der Waals surface area contributed by atoms with Gasteiger partial charge >= 0.3 is 0 Å². The van der Waals surface area contributed by atoms with Crippen LogP contribution in [0.15, 0.2) is 0 Å². The molecule has 2 saturated heterocycles. The molecule has 2 fully saturated rings. The molecule has 0 aromatic heterocycles. The Labute approximate surface area is 115 Å². The molecule has 0 radical (unpaired) electrons. The SMILES string of the molecule is O=C1CCCCCN1CP(=O)(O)C[NH+]1CCCCC1. The fraction of sp³-hybridized carbons (Fsp3) is 0.923. The Balaban J connectivity index is 1.87. The number of amides is 1. The van der Waals surface area contributed by atoms with Crippen LogP contribution in [0.5, 0.6) is 0 Å². The molecule has 2 heterocycles. The number of nitrogens with one attached hydrogen (secondary N) is 1. The van der Waals surface area contributed by atoms with Crippen LogP contribution in [-0.4, -0.2) is 47.9 Å². The first-order valence-electron chi connectivity index (χ1n) is 7.49. The molecule has 0 aromatic carbocycles. The predicted octanol–water partition coefficient (Wildman–Crippen LogP) is 0.643. The summed E-state index contributed by atoms with van der Waals surface area (Å²) in [5.74, 6) is 0.0559. The van der Waals surface area contributed by atoms with Crippen LogP contribution < -0.4 is 4.90 Å². The van der Waals surface area contributed by atoms with Gasteiger partial charge in [-0.05, 0) is 32.1 Å². The minimum absolute atomic E-state index is 0.0559. The monoisotopic (exact) mass is 289 g/mol. The van der Waals surface area contributed by atoms with Gasteiger partial charge in [-0.2, -0.15) is 0 Å². The molecule has 1 unspecified atom stereocenters. The summed E-state index contributed by atoms with van der Waals surface area (Å²) in [7, 11) is -3.22. The van der Waals surface area contributed by atoms with Crippen molar-refractivity contribution in [3.8, 4) is 0 Å². The zero-order valence-corrected chi connectivity index (χ0v) is 12.5. The first kappa shape index (κ1) is 15.0. The molecule has 0 spiro atoms. The molecule has 2 aliphatic rings. The topological polar surface area (TPSA) is 62.0 Å². The molecular weight excluding hydrogens is 263 g/mol. The van der Waals surface area contributed by atoms with Crippen LogP contribution in [0.3, 0.4) is 0 Å². The van der Waals surface area contributed by atoms with Crippen LogP contribution in [0.1, 0.15) is 44.9 Å². The fourth-order valence-corrected chi connectivity index (χ4v) is 5.01. The number of hydrogen-bond acceptors (Lipinski definition) is 2. The molecule has 2 aliphatic heterocycles. The second-order valence-corrected chi connectivity index (χ2v) is 8.22. The smallest absolute Gasteiger partial charge is 0.271 e. The van der Waals surface area contributed by atoms with Crippen molar-refractivity contribution in [3.63, 3.8) is 0 Å². The van der Waals surface area contributed by atoms with E-state index in [2.05, 4.69) is 0 Å². The third kappa shape index (κ3) is 4.90. The molecule has 2 rings (SSSR count). The van der Waals surface area contributed by atoms with E-state index in [1.165, 1.54) is 11.3 Å². The molecule has 110 valence electrons. The van der Waals surface area contributed by atoms with Crippen molar-refractivity contribution in [3.05, 3.63) is 0 Å². The third-order valence-corrected chi connectivity index (χ3v) is 5.82. The maximum absolute atomic E-state index is 12.3. The van der Waals surface area contributed by atoms with Crippen LogP contribution in [0.2, 0.25) is 0 Å². The number of piperidine rings is 1. The van der Waals surface area contributed by atoms with E-state index in [1.807, 2.05) is 0 Å². The highest BCUT2D eigenvalue weighted by molar-refractivity contribution is 7.57. The van der Waals surface area contributed by atoms with Gasteiger partial charge in [0.15, 0.2) is 6.29 Å². The van der Waals surface area contributed by atoms with Crippen molar-refractivity contribution in [1.29, 1.82) is 0 Å². The lowest BCUT2D eigenvalue weighted by Crippen LogP contribution is -3.12. The van der Waals surface area contributed by atoms with Crippen molar-refractivity contribution in [1.82, 2.24) is 4.90 Å². The molecule has 1 amide bonds. The van der Waals surface area contributed by atoms with E-state index in [4.69, 9.17) is 0 Å². The number of nitrogens with zero attached hydrogens (tertiary/aromatic N) is 1. The standard InChI is InChI=1S/C13H25N2O3P/c16-13-7-3-1-6-10-15(13)12-19(17,18)11-14-8-4-2-5-9-14/h1-12H2,(H,17,18)/p+1. The van der Waals surface area contributed by atoms with Crippen LogP contribution in [0.25, 0.3) is 0 Å². The van der Waals surface area contributed by atoms with Gasteiger partial charge in [0.05, 0.1) is 13.1 Å². The maximum atomic E-state index is 12.3. The van der Waals surface area contributed by atoms with Gasteiger partial charge in [-0.15, -0.1) is 0 Å². The Bertz CT molecular complexity index is 356. The van der Waals surface area contributed by atoms with Crippen LogP contribution in [0, 0.1) is 0 Å². The molecule has 6 heteroatoms. The average molecular weight is 289 g/mol. The molecular formula is C13H26N2O3P+. The second-order valence-electron chi connectivity index (χ2n) is 5.92. The lowest BCUT2D eigenvalue weighted by molar-refractivity contribution is -0.893. The van der Waals surface area contributed by atoms with Gasteiger partial charge in [-0.3, -0.25) is 9.36 Å². The predicted molar refractivity (Wildman–Crippen MR) is 74.3 cm³/mol. The summed E-state index contributed by atoms with van der Waals surface area (Å²) in [5.41, 5.74) is 0. The molecule has 1 atom stereocenters. The van der Waals surface area contributed by atoms with E-state index in [0.29, 0.717) is 19.3 Å². The van der Waals surface area contributed by atoms with Gasteiger partial charge in [0.1, 0.15) is 6.29 Å². The van der Waals surface area contributed by atoms with Crippen molar-refractivity contribution in [2.45, 2.75) is 44.9 Å². The van der Waals surface area contributed by atoms with Crippen molar-refractivity contribution < 1.29 is 19.2 Å². The zero-order chi connectivity index (χ0) is 13.7. The fourth-order valence-electron chi connectivity index (χ4n) is 3.06. The van der Waals surface area contributed by atoms with Gasteiger partial charge in [-0.25, -0.2) is 0 Å². The van der Waals surface area contributed by atoms with E-state index in [0.717, 1.165) is 45.2 Å². The van der Waals surface area contributed by atoms with Crippen LogP contribution in [-0.2, 0) is 9.36 Å². The lowest BCUT2D eigenvalue weighted by Gasteiger charge is -2.28. The number of hydrogen-bond donors (Lipinski definition) is 2. The number of likely N-dealkylation sites (tertiary alicyclic amines) is 2. The summed E-state index contributed by atoms with van der Waals surface area (Å²) in [6, 6.07) is 0. The number of carbonyl (C=O) groups is 1. The van der Waals surface area contributed by atoms with Crippen LogP contribution >= 0.6 is 7.37 Å². The normalized spacial score (nSPS) is 25.9. The minimum Gasteiger partial charge on any atom is -0.339 e. The molecule has 19 heavy (non-hydrogen) atoms. The highest BCUT2D eigenvalue weighted by Gasteiger charge is 2.31. The largest absolute Gasteiger partial charge is 0.339 e. The third-order valence-electron chi connectivity index (χ3n) is 4.09. The molecule has 5 nitrogen and oxygen atoms in total. The Morgan fingerprint density at radius 1 is 1.11 bits per heavy atom. The Kier molecular flexibility index (Phi) is 5.43. The Morgan fingerprint density at radius 3 is 2.53 bits per heavy atom. The lowest BCUT2D eigenvalue weighted by atomic mass is 10.1. The highest BCUT2D eigenvalue weighted by atomic mass is 31.2. The highest BCUT2D eigenvalue weighted by Crippen LogP contribution is 2.39. The molecule has 0 saturated carbocycles. The summed E-state index contributed by atoms with van der Waals surface area (Å²) in [5, 5.41) is 0. The summed E-state index contributed by atoms with van der Waals surface area (Å²) >= 11 is 0.